The number of halogens is 1. The van der Waals surface area contributed by atoms with Crippen LogP contribution in [0.4, 0.5) is 0 Å². The van der Waals surface area contributed by atoms with Gasteiger partial charge in [0.25, 0.3) is 0 Å². The van der Waals surface area contributed by atoms with E-state index in [0.717, 1.165) is 5.33 Å². The van der Waals surface area contributed by atoms with Gasteiger partial charge in [-0.2, -0.15) is 0 Å². The predicted octanol–water partition coefficient (Wildman–Crippen LogP) is 1.40. The van der Waals surface area contributed by atoms with E-state index in [1.54, 1.807) is 6.07 Å². The zero-order chi connectivity index (χ0) is 8.97. The summed E-state index contributed by atoms with van der Waals surface area (Å²) in [4.78, 5) is 10.9. The molecule has 0 N–H and O–H groups in total. The SMILES string of the molecule is COC(=O)c1cc(CCBr)on1. The smallest absolute Gasteiger partial charge is 0.360 e. The number of carbonyl (C=O) groups is 1. The molecule has 0 aliphatic rings. The van der Waals surface area contributed by atoms with Crippen molar-refractivity contribution >= 4 is 21.9 Å². The van der Waals surface area contributed by atoms with Crippen LogP contribution >= 0.6 is 15.9 Å². The largest absolute Gasteiger partial charge is 0.464 e. The number of aromatic nitrogens is 1. The molecule has 0 saturated heterocycles. The summed E-state index contributed by atoms with van der Waals surface area (Å²) >= 11 is 3.25. The summed E-state index contributed by atoms with van der Waals surface area (Å²) in [6, 6.07) is 1.58. The van der Waals surface area contributed by atoms with Crippen molar-refractivity contribution in [1.82, 2.24) is 5.16 Å². The van der Waals surface area contributed by atoms with E-state index in [0.29, 0.717) is 12.2 Å². The predicted molar refractivity (Wildman–Crippen MR) is 45.3 cm³/mol. The van der Waals surface area contributed by atoms with Gasteiger partial charge in [-0.15, -0.1) is 0 Å². The summed E-state index contributed by atoms with van der Waals surface area (Å²) in [5.74, 6) is 0.201. The number of alkyl halides is 1. The van der Waals surface area contributed by atoms with Crippen LogP contribution in [-0.4, -0.2) is 23.6 Å². The quantitative estimate of drug-likeness (QED) is 0.585. The Hall–Kier alpha value is -0.840. The lowest BCUT2D eigenvalue weighted by molar-refractivity contribution is 0.0589. The van der Waals surface area contributed by atoms with Crippen molar-refractivity contribution in [2.75, 3.05) is 12.4 Å². The number of hydrogen-bond donors (Lipinski definition) is 0. The Morgan fingerprint density at radius 2 is 2.58 bits per heavy atom. The monoisotopic (exact) mass is 233 g/mol. The molecule has 0 aliphatic heterocycles. The number of hydrogen-bond acceptors (Lipinski definition) is 4. The first kappa shape index (κ1) is 9.25. The van der Waals surface area contributed by atoms with Gasteiger partial charge in [0.15, 0.2) is 5.69 Å². The van der Waals surface area contributed by atoms with Crippen molar-refractivity contribution in [3.8, 4) is 0 Å². The third-order valence-corrected chi connectivity index (χ3v) is 1.69. The lowest BCUT2D eigenvalue weighted by Crippen LogP contribution is -2.00. The van der Waals surface area contributed by atoms with E-state index in [1.807, 2.05) is 0 Å². The van der Waals surface area contributed by atoms with Gasteiger partial charge in [0.05, 0.1) is 7.11 Å². The lowest BCUT2D eigenvalue weighted by atomic mass is 10.3. The Kier molecular flexibility index (Phi) is 3.28. The van der Waals surface area contributed by atoms with E-state index in [4.69, 9.17) is 4.52 Å². The molecular formula is C7H8BrNO3. The highest BCUT2D eigenvalue weighted by molar-refractivity contribution is 9.09. The summed E-state index contributed by atoms with van der Waals surface area (Å²) in [6.07, 6.45) is 0.712. The maximum atomic E-state index is 10.9. The first-order valence-electron chi connectivity index (χ1n) is 3.37. The Morgan fingerprint density at radius 3 is 3.17 bits per heavy atom. The van der Waals surface area contributed by atoms with E-state index in [-0.39, 0.29) is 5.69 Å². The number of methoxy groups -OCH3 is 1. The summed E-state index contributed by atoms with van der Waals surface area (Å²) in [7, 11) is 1.31. The van der Waals surface area contributed by atoms with Gasteiger partial charge in [0.1, 0.15) is 5.76 Å². The highest BCUT2D eigenvalue weighted by atomic mass is 79.9. The molecule has 1 rings (SSSR count). The van der Waals surface area contributed by atoms with Gasteiger partial charge < -0.3 is 9.26 Å². The van der Waals surface area contributed by atoms with Crippen LogP contribution in [0.1, 0.15) is 16.2 Å². The van der Waals surface area contributed by atoms with Crippen LogP contribution in [0.2, 0.25) is 0 Å². The fourth-order valence-corrected chi connectivity index (χ4v) is 1.12. The second-order valence-corrected chi connectivity index (χ2v) is 2.90. The normalized spacial score (nSPS) is 9.83. The van der Waals surface area contributed by atoms with Crippen LogP contribution in [0.3, 0.4) is 0 Å². The fourth-order valence-electron chi connectivity index (χ4n) is 0.725. The van der Waals surface area contributed by atoms with E-state index in [1.165, 1.54) is 7.11 Å². The van der Waals surface area contributed by atoms with Crippen LogP contribution in [0.5, 0.6) is 0 Å². The van der Waals surface area contributed by atoms with Crippen molar-refractivity contribution < 1.29 is 14.1 Å². The summed E-state index contributed by atoms with van der Waals surface area (Å²) < 4.78 is 9.30. The molecule has 0 aromatic carbocycles. The van der Waals surface area contributed by atoms with E-state index in [9.17, 15) is 4.79 Å². The maximum absolute atomic E-state index is 10.9. The van der Waals surface area contributed by atoms with E-state index >= 15 is 0 Å². The van der Waals surface area contributed by atoms with E-state index in [2.05, 4.69) is 25.8 Å². The highest BCUT2D eigenvalue weighted by Crippen LogP contribution is 2.06. The molecule has 0 bridgehead atoms. The zero-order valence-electron chi connectivity index (χ0n) is 6.54. The van der Waals surface area contributed by atoms with Gasteiger partial charge >= 0.3 is 5.97 Å². The first-order chi connectivity index (χ1) is 5.77. The molecular weight excluding hydrogens is 226 g/mol. The first-order valence-corrected chi connectivity index (χ1v) is 4.50. The molecule has 0 fully saturated rings. The Labute approximate surface area is 78.0 Å². The number of aryl methyl sites for hydroxylation is 1. The number of ether oxygens (including phenoxy) is 1. The van der Waals surface area contributed by atoms with E-state index < -0.39 is 5.97 Å². The minimum Gasteiger partial charge on any atom is -0.464 e. The number of nitrogens with zero attached hydrogens (tertiary/aromatic N) is 1. The van der Waals surface area contributed by atoms with Gasteiger partial charge in [-0.1, -0.05) is 21.1 Å². The van der Waals surface area contributed by atoms with Gasteiger partial charge in [0.2, 0.25) is 0 Å². The minimum atomic E-state index is -0.473. The van der Waals surface area contributed by atoms with Crippen molar-refractivity contribution in [3.05, 3.63) is 17.5 Å². The number of esters is 1. The molecule has 0 radical (unpaired) electrons. The molecule has 0 amide bonds. The van der Waals surface area contributed by atoms with Crippen molar-refractivity contribution in [2.24, 2.45) is 0 Å². The van der Waals surface area contributed by atoms with Gasteiger partial charge in [0, 0.05) is 17.8 Å². The fraction of sp³-hybridized carbons (Fsp3) is 0.429. The number of carbonyl (C=O) groups excluding carboxylic acids is 1. The molecule has 0 spiro atoms. The Bertz CT molecular complexity index is 271. The summed E-state index contributed by atoms with van der Waals surface area (Å²) in [6.45, 7) is 0. The Morgan fingerprint density at radius 1 is 1.83 bits per heavy atom. The average Bonchev–Trinajstić information content (AvgIpc) is 2.52. The van der Waals surface area contributed by atoms with Crippen molar-refractivity contribution in [1.29, 1.82) is 0 Å². The molecule has 0 aliphatic carbocycles. The molecule has 1 heterocycles. The zero-order valence-corrected chi connectivity index (χ0v) is 8.13. The highest BCUT2D eigenvalue weighted by Gasteiger charge is 2.11. The Balaban J connectivity index is 2.70. The van der Waals surface area contributed by atoms with Crippen molar-refractivity contribution in [2.45, 2.75) is 6.42 Å². The second kappa shape index (κ2) is 4.25. The van der Waals surface area contributed by atoms with Crippen LogP contribution in [0, 0.1) is 0 Å². The molecule has 1 aromatic heterocycles. The summed E-state index contributed by atoms with van der Waals surface area (Å²) in [5.41, 5.74) is 0.216. The molecule has 1 aromatic rings. The minimum absolute atomic E-state index is 0.216. The topological polar surface area (TPSA) is 52.3 Å². The van der Waals surface area contributed by atoms with Crippen molar-refractivity contribution in [3.63, 3.8) is 0 Å². The van der Waals surface area contributed by atoms with Gasteiger partial charge in [-0.3, -0.25) is 0 Å². The molecule has 5 heteroatoms. The van der Waals surface area contributed by atoms with Crippen LogP contribution in [0.25, 0.3) is 0 Å². The van der Waals surface area contributed by atoms with Crippen LogP contribution < -0.4 is 0 Å². The third-order valence-electron chi connectivity index (χ3n) is 1.29. The third kappa shape index (κ3) is 2.07. The lowest BCUT2D eigenvalue weighted by Gasteiger charge is -1.88. The standard InChI is InChI=1S/C7H8BrNO3/c1-11-7(10)6-4-5(2-3-8)12-9-6/h4H,2-3H2,1H3. The second-order valence-electron chi connectivity index (χ2n) is 2.11. The summed E-state index contributed by atoms with van der Waals surface area (Å²) in [5, 5.41) is 4.32. The maximum Gasteiger partial charge on any atom is 0.360 e. The molecule has 0 atom stereocenters. The van der Waals surface area contributed by atoms with Gasteiger partial charge in [-0.05, 0) is 0 Å². The van der Waals surface area contributed by atoms with Gasteiger partial charge in [-0.25, -0.2) is 4.79 Å². The molecule has 66 valence electrons. The molecule has 12 heavy (non-hydrogen) atoms. The van der Waals surface area contributed by atoms with Crippen LogP contribution in [0.15, 0.2) is 10.6 Å². The number of rotatable bonds is 3. The molecule has 0 saturated carbocycles. The molecule has 0 unspecified atom stereocenters. The average molecular weight is 234 g/mol. The molecule has 4 nitrogen and oxygen atoms in total. The van der Waals surface area contributed by atoms with Crippen LogP contribution in [-0.2, 0) is 11.2 Å².